The molecule has 0 amide bonds. The van der Waals surface area contributed by atoms with Crippen molar-refractivity contribution < 1.29 is 31.1 Å². The Morgan fingerprint density at radius 1 is 1.05 bits per heavy atom. The van der Waals surface area contributed by atoms with Crippen LogP contribution in [0.1, 0.15) is 25.7 Å². The number of halogens is 6. The number of fused-ring (bicyclic) bond motifs is 1. The molecule has 0 aromatic carbocycles. The zero-order chi connectivity index (χ0) is 15.6. The van der Waals surface area contributed by atoms with Crippen LogP contribution in [0.2, 0.25) is 0 Å². The van der Waals surface area contributed by atoms with E-state index in [2.05, 4.69) is 6.58 Å². The molecule has 1 saturated heterocycles. The Hall–Kier alpha value is -0.720. The quantitative estimate of drug-likeness (QED) is 0.512. The summed E-state index contributed by atoms with van der Waals surface area (Å²) in [7, 11) is 0. The molecule has 0 aromatic heterocycles. The predicted molar refractivity (Wildman–Crippen MR) is 62.3 cm³/mol. The molecule has 0 aromatic rings. The molecular weight excluding hydrogens is 298 g/mol. The zero-order valence-corrected chi connectivity index (χ0v) is 11.2. The molecule has 3 aliphatic rings. The van der Waals surface area contributed by atoms with E-state index < -0.39 is 41.8 Å². The van der Waals surface area contributed by atoms with Crippen LogP contribution in [0.15, 0.2) is 12.7 Å². The van der Waals surface area contributed by atoms with E-state index in [4.69, 9.17) is 4.74 Å². The highest BCUT2D eigenvalue weighted by atomic mass is 19.4. The summed E-state index contributed by atoms with van der Waals surface area (Å²) in [5.74, 6) is -2.52. The van der Waals surface area contributed by atoms with Crippen LogP contribution < -0.4 is 0 Å². The van der Waals surface area contributed by atoms with Crippen LogP contribution >= 0.6 is 0 Å². The SMILES string of the molecule is C=CC1C2CCCC3C(C2)C1OC3(C(F)(F)F)C(F)(F)F. The third kappa shape index (κ3) is 1.82. The van der Waals surface area contributed by atoms with Crippen molar-refractivity contribution in [2.75, 3.05) is 0 Å². The molecular formula is C14H16F6O. The van der Waals surface area contributed by atoms with Gasteiger partial charge in [0.2, 0.25) is 0 Å². The summed E-state index contributed by atoms with van der Waals surface area (Å²) in [5, 5.41) is 0. The summed E-state index contributed by atoms with van der Waals surface area (Å²) in [6, 6.07) is 0. The van der Waals surface area contributed by atoms with Gasteiger partial charge in [-0.1, -0.05) is 12.5 Å². The van der Waals surface area contributed by atoms with Crippen molar-refractivity contribution in [1.82, 2.24) is 0 Å². The van der Waals surface area contributed by atoms with Crippen LogP contribution in [0.4, 0.5) is 26.3 Å². The third-order valence-electron chi connectivity index (χ3n) is 5.49. The molecule has 120 valence electrons. The first-order valence-electron chi connectivity index (χ1n) is 7.07. The number of rotatable bonds is 1. The molecule has 5 unspecified atom stereocenters. The summed E-state index contributed by atoms with van der Waals surface area (Å²) in [6.07, 6.45) is -9.13. The van der Waals surface area contributed by atoms with Gasteiger partial charge in [-0.2, -0.15) is 26.3 Å². The minimum Gasteiger partial charge on any atom is -0.354 e. The molecule has 21 heavy (non-hydrogen) atoms. The Morgan fingerprint density at radius 3 is 2.19 bits per heavy atom. The normalized spacial score (nSPS) is 41.9. The monoisotopic (exact) mass is 314 g/mol. The predicted octanol–water partition coefficient (Wildman–Crippen LogP) is 4.49. The average Bonchev–Trinajstić information content (AvgIpc) is 2.75. The van der Waals surface area contributed by atoms with E-state index in [9.17, 15) is 26.3 Å². The van der Waals surface area contributed by atoms with Gasteiger partial charge < -0.3 is 4.74 Å². The summed E-state index contributed by atoms with van der Waals surface area (Å²) in [6.45, 7) is 3.58. The van der Waals surface area contributed by atoms with E-state index in [1.807, 2.05) is 0 Å². The topological polar surface area (TPSA) is 9.23 Å². The van der Waals surface area contributed by atoms with Gasteiger partial charge in [0.05, 0.1) is 6.10 Å². The summed E-state index contributed by atoms with van der Waals surface area (Å²) in [5.41, 5.74) is -4.01. The van der Waals surface area contributed by atoms with Crippen molar-refractivity contribution in [2.45, 2.75) is 49.7 Å². The maximum Gasteiger partial charge on any atom is 0.426 e. The highest BCUT2D eigenvalue weighted by Gasteiger charge is 2.81. The van der Waals surface area contributed by atoms with Crippen molar-refractivity contribution >= 4 is 0 Å². The summed E-state index contributed by atoms with van der Waals surface area (Å²) < 4.78 is 85.0. The lowest BCUT2D eigenvalue weighted by Gasteiger charge is -2.38. The van der Waals surface area contributed by atoms with E-state index in [1.54, 1.807) is 0 Å². The van der Waals surface area contributed by atoms with Crippen LogP contribution in [-0.4, -0.2) is 24.1 Å². The molecule has 0 radical (unpaired) electrons. The molecule has 5 atom stereocenters. The summed E-state index contributed by atoms with van der Waals surface area (Å²) in [4.78, 5) is 0. The molecule has 0 N–H and O–H groups in total. The van der Waals surface area contributed by atoms with E-state index in [-0.39, 0.29) is 12.3 Å². The lowest BCUT2D eigenvalue weighted by molar-refractivity contribution is -0.387. The van der Waals surface area contributed by atoms with Gasteiger partial charge in [0.25, 0.3) is 5.60 Å². The zero-order valence-electron chi connectivity index (χ0n) is 11.2. The fourth-order valence-electron chi connectivity index (χ4n) is 4.73. The Balaban J connectivity index is 2.11. The Labute approximate surface area is 118 Å². The van der Waals surface area contributed by atoms with Gasteiger partial charge in [0, 0.05) is 11.8 Å². The van der Waals surface area contributed by atoms with Gasteiger partial charge in [0.1, 0.15) is 0 Å². The molecule has 0 spiro atoms. The van der Waals surface area contributed by atoms with Crippen LogP contribution in [0, 0.1) is 23.7 Å². The molecule has 2 saturated carbocycles. The molecule has 1 aliphatic heterocycles. The average molecular weight is 314 g/mol. The fraction of sp³-hybridized carbons (Fsp3) is 0.857. The molecule has 1 nitrogen and oxygen atoms in total. The maximum atomic E-state index is 13.4. The second-order valence-corrected chi connectivity index (χ2v) is 6.32. The Bertz CT molecular complexity index is 426. The standard InChI is InChI=1S/C14H16F6O/c1-2-8-7-4-3-5-10-9(6-7)11(8)21-12(10,13(15,16)17)14(18,19)20/h2,7-11H,1,3-6H2. The smallest absolute Gasteiger partial charge is 0.354 e. The van der Waals surface area contributed by atoms with Crippen LogP contribution in [0.25, 0.3) is 0 Å². The van der Waals surface area contributed by atoms with E-state index in [0.717, 1.165) is 0 Å². The number of ether oxygens (including phenoxy) is 1. The second kappa shape index (κ2) is 4.40. The number of hydrogen-bond acceptors (Lipinski definition) is 1. The van der Waals surface area contributed by atoms with E-state index >= 15 is 0 Å². The molecule has 2 bridgehead atoms. The first-order valence-corrected chi connectivity index (χ1v) is 7.07. The number of hydrogen-bond donors (Lipinski definition) is 0. The Morgan fingerprint density at radius 2 is 1.67 bits per heavy atom. The van der Waals surface area contributed by atoms with Crippen LogP contribution in [0.3, 0.4) is 0 Å². The van der Waals surface area contributed by atoms with Crippen molar-refractivity contribution in [3.63, 3.8) is 0 Å². The first-order chi connectivity index (χ1) is 9.63. The lowest BCUT2D eigenvalue weighted by atomic mass is 9.76. The van der Waals surface area contributed by atoms with Gasteiger partial charge in [-0.05, 0) is 31.1 Å². The van der Waals surface area contributed by atoms with Gasteiger partial charge in [-0.3, -0.25) is 0 Å². The molecule has 1 heterocycles. The van der Waals surface area contributed by atoms with Gasteiger partial charge in [0.15, 0.2) is 0 Å². The Kier molecular flexibility index (Phi) is 3.18. The van der Waals surface area contributed by atoms with Crippen molar-refractivity contribution in [1.29, 1.82) is 0 Å². The third-order valence-corrected chi connectivity index (χ3v) is 5.49. The summed E-state index contributed by atoms with van der Waals surface area (Å²) >= 11 is 0. The first kappa shape index (κ1) is 15.2. The van der Waals surface area contributed by atoms with Crippen molar-refractivity contribution in [3.8, 4) is 0 Å². The fourth-order valence-corrected chi connectivity index (χ4v) is 4.73. The van der Waals surface area contributed by atoms with Crippen molar-refractivity contribution in [2.24, 2.45) is 23.7 Å². The van der Waals surface area contributed by atoms with Gasteiger partial charge in [-0.25, -0.2) is 0 Å². The maximum absolute atomic E-state index is 13.4. The van der Waals surface area contributed by atoms with Crippen LogP contribution in [0.5, 0.6) is 0 Å². The second-order valence-electron chi connectivity index (χ2n) is 6.32. The van der Waals surface area contributed by atoms with Gasteiger partial charge in [-0.15, -0.1) is 6.58 Å². The van der Waals surface area contributed by atoms with Crippen molar-refractivity contribution in [3.05, 3.63) is 12.7 Å². The highest BCUT2D eigenvalue weighted by Crippen LogP contribution is 2.65. The molecule has 7 heteroatoms. The van der Waals surface area contributed by atoms with Crippen LogP contribution in [-0.2, 0) is 4.74 Å². The largest absolute Gasteiger partial charge is 0.426 e. The minimum atomic E-state index is -5.45. The van der Waals surface area contributed by atoms with E-state index in [1.165, 1.54) is 6.08 Å². The minimum absolute atomic E-state index is 0.0828. The number of alkyl halides is 6. The lowest BCUT2D eigenvalue weighted by Crippen LogP contribution is -2.61. The molecule has 2 aliphatic carbocycles. The molecule has 3 fully saturated rings. The highest BCUT2D eigenvalue weighted by molar-refractivity contribution is 5.16. The van der Waals surface area contributed by atoms with Gasteiger partial charge >= 0.3 is 12.4 Å². The molecule has 3 rings (SSSR count). The van der Waals surface area contributed by atoms with E-state index in [0.29, 0.717) is 19.3 Å².